The standard InChI is InChI=1S/C10H11ClN4OS/c1-14-4-3-12-10(14)17-6-8(16)9-7(11)5-15(2)13-9/h3-5H,6H2,1-2H3. The maximum absolute atomic E-state index is 11.9. The first-order valence-electron chi connectivity index (χ1n) is 4.90. The molecule has 0 saturated carbocycles. The van der Waals surface area contributed by atoms with E-state index in [2.05, 4.69) is 10.1 Å². The molecule has 0 bridgehead atoms. The molecule has 0 saturated heterocycles. The second-order valence-electron chi connectivity index (χ2n) is 3.53. The Labute approximate surface area is 108 Å². The lowest BCUT2D eigenvalue weighted by atomic mass is 10.3. The minimum absolute atomic E-state index is 0.0939. The van der Waals surface area contributed by atoms with Crippen molar-refractivity contribution in [2.75, 3.05) is 5.75 Å². The van der Waals surface area contributed by atoms with Crippen LogP contribution in [0.15, 0.2) is 23.7 Å². The summed E-state index contributed by atoms with van der Waals surface area (Å²) < 4.78 is 3.39. The number of ketones is 1. The summed E-state index contributed by atoms with van der Waals surface area (Å²) in [6.45, 7) is 0. The summed E-state index contributed by atoms with van der Waals surface area (Å²) in [6.07, 6.45) is 5.14. The molecule has 7 heteroatoms. The van der Waals surface area contributed by atoms with Gasteiger partial charge < -0.3 is 4.57 Å². The summed E-state index contributed by atoms with van der Waals surface area (Å²) in [5.41, 5.74) is 0.316. The van der Waals surface area contributed by atoms with Crippen LogP contribution in [-0.4, -0.2) is 30.9 Å². The van der Waals surface area contributed by atoms with Gasteiger partial charge in [0, 0.05) is 32.7 Å². The highest BCUT2D eigenvalue weighted by molar-refractivity contribution is 7.99. The van der Waals surface area contributed by atoms with E-state index in [1.54, 1.807) is 19.4 Å². The minimum Gasteiger partial charge on any atom is -0.329 e. The maximum atomic E-state index is 11.9. The quantitative estimate of drug-likeness (QED) is 0.628. The van der Waals surface area contributed by atoms with Crippen molar-refractivity contribution in [2.45, 2.75) is 5.16 Å². The predicted molar refractivity (Wildman–Crippen MR) is 66.5 cm³/mol. The molecular weight excluding hydrogens is 260 g/mol. The number of thioether (sulfide) groups is 1. The molecule has 0 fully saturated rings. The highest BCUT2D eigenvalue weighted by Gasteiger charge is 2.15. The molecule has 0 aliphatic rings. The Hall–Kier alpha value is -1.27. The SMILES string of the molecule is Cn1cc(Cl)c(C(=O)CSc2nccn2C)n1. The van der Waals surface area contributed by atoms with Crippen molar-refractivity contribution < 1.29 is 4.79 Å². The Morgan fingerprint density at radius 3 is 2.82 bits per heavy atom. The van der Waals surface area contributed by atoms with Crippen molar-refractivity contribution in [1.29, 1.82) is 0 Å². The lowest BCUT2D eigenvalue weighted by molar-refractivity contribution is 0.101. The molecule has 5 nitrogen and oxygen atoms in total. The Balaban J connectivity index is 2.03. The first-order valence-corrected chi connectivity index (χ1v) is 6.26. The Morgan fingerprint density at radius 2 is 2.29 bits per heavy atom. The zero-order chi connectivity index (χ0) is 12.4. The molecule has 0 radical (unpaired) electrons. The molecule has 17 heavy (non-hydrogen) atoms. The second-order valence-corrected chi connectivity index (χ2v) is 4.88. The molecule has 2 aromatic heterocycles. The van der Waals surface area contributed by atoms with Crippen LogP contribution in [0.25, 0.3) is 0 Å². The van der Waals surface area contributed by atoms with E-state index >= 15 is 0 Å². The smallest absolute Gasteiger partial charge is 0.194 e. The molecule has 0 aliphatic heterocycles. The zero-order valence-corrected chi connectivity index (χ0v) is 11.0. The second kappa shape index (κ2) is 4.93. The molecule has 0 atom stereocenters. The number of aromatic nitrogens is 4. The van der Waals surface area contributed by atoms with Gasteiger partial charge in [0.05, 0.1) is 10.8 Å². The third-order valence-electron chi connectivity index (χ3n) is 2.16. The third-order valence-corrected chi connectivity index (χ3v) is 3.49. The molecule has 0 spiro atoms. The average molecular weight is 271 g/mol. The van der Waals surface area contributed by atoms with Gasteiger partial charge in [0.2, 0.25) is 0 Å². The summed E-state index contributed by atoms with van der Waals surface area (Å²) in [6, 6.07) is 0. The average Bonchev–Trinajstić information content (AvgIpc) is 2.81. The molecule has 0 amide bonds. The van der Waals surface area contributed by atoms with E-state index in [0.29, 0.717) is 10.7 Å². The van der Waals surface area contributed by atoms with Gasteiger partial charge in [-0.3, -0.25) is 9.48 Å². The topological polar surface area (TPSA) is 52.7 Å². The highest BCUT2D eigenvalue weighted by Crippen LogP contribution is 2.19. The van der Waals surface area contributed by atoms with E-state index < -0.39 is 0 Å². The lowest BCUT2D eigenvalue weighted by Gasteiger charge is -1.99. The summed E-state index contributed by atoms with van der Waals surface area (Å²) in [4.78, 5) is 16.0. The molecule has 2 heterocycles. The summed E-state index contributed by atoms with van der Waals surface area (Å²) in [5, 5.41) is 5.21. The number of imidazole rings is 1. The van der Waals surface area contributed by atoms with Crippen LogP contribution in [0.3, 0.4) is 0 Å². The van der Waals surface area contributed by atoms with Crippen molar-refractivity contribution >= 4 is 29.1 Å². The molecule has 90 valence electrons. The fourth-order valence-electron chi connectivity index (χ4n) is 1.34. The first-order chi connectivity index (χ1) is 8.08. The van der Waals surface area contributed by atoms with Gasteiger partial charge in [-0.15, -0.1) is 0 Å². The molecule has 0 aromatic carbocycles. The summed E-state index contributed by atoms with van der Waals surface area (Å²) in [7, 11) is 3.61. The van der Waals surface area contributed by atoms with Gasteiger partial charge in [-0.1, -0.05) is 23.4 Å². The van der Waals surface area contributed by atoms with Gasteiger partial charge in [0.15, 0.2) is 10.9 Å². The van der Waals surface area contributed by atoms with Crippen LogP contribution in [0.2, 0.25) is 5.02 Å². The van der Waals surface area contributed by atoms with E-state index in [1.165, 1.54) is 16.4 Å². The Bertz CT molecular complexity index is 548. The van der Waals surface area contributed by atoms with Gasteiger partial charge >= 0.3 is 0 Å². The monoisotopic (exact) mass is 270 g/mol. The van der Waals surface area contributed by atoms with Crippen molar-refractivity contribution in [3.8, 4) is 0 Å². The molecule has 2 aromatic rings. The summed E-state index contributed by atoms with van der Waals surface area (Å²) >= 11 is 7.27. The van der Waals surface area contributed by atoms with Gasteiger partial charge in [0.1, 0.15) is 5.69 Å². The highest BCUT2D eigenvalue weighted by atomic mass is 35.5. The number of nitrogens with zero attached hydrogens (tertiary/aromatic N) is 4. The van der Waals surface area contributed by atoms with Crippen molar-refractivity contribution in [3.63, 3.8) is 0 Å². The van der Waals surface area contributed by atoms with E-state index in [4.69, 9.17) is 11.6 Å². The van der Waals surface area contributed by atoms with E-state index in [0.717, 1.165) is 5.16 Å². The van der Waals surface area contributed by atoms with Crippen molar-refractivity contribution in [1.82, 2.24) is 19.3 Å². The normalized spacial score (nSPS) is 10.8. The van der Waals surface area contributed by atoms with Gasteiger partial charge in [-0.25, -0.2) is 4.98 Å². The number of carbonyl (C=O) groups excluding carboxylic acids is 1. The molecule has 0 unspecified atom stereocenters. The van der Waals surface area contributed by atoms with Gasteiger partial charge in [-0.2, -0.15) is 5.10 Å². The van der Waals surface area contributed by atoms with E-state index in [9.17, 15) is 4.79 Å². The number of hydrogen-bond donors (Lipinski definition) is 0. The van der Waals surface area contributed by atoms with Crippen LogP contribution >= 0.6 is 23.4 Å². The number of halogens is 1. The van der Waals surface area contributed by atoms with Crippen molar-refractivity contribution in [2.24, 2.45) is 14.1 Å². The number of aryl methyl sites for hydroxylation is 2. The lowest BCUT2D eigenvalue weighted by Crippen LogP contribution is -2.06. The Morgan fingerprint density at radius 1 is 1.53 bits per heavy atom. The van der Waals surface area contributed by atoms with E-state index in [-0.39, 0.29) is 11.5 Å². The molecule has 0 aliphatic carbocycles. The predicted octanol–water partition coefficient (Wildman–Crippen LogP) is 1.78. The number of carbonyl (C=O) groups is 1. The minimum atomic E-state index is -0.0939. The third kappa shape index (κ3) is 2.70. The van der Waals surface area contributed by atoms with Crippen LogP contribution in [0.4, 0.5) is 0 Å². The van der Waals surface area contributed by atoms with Crippen molar-refractivity contribution in [3.05, 3.63) is 29.3 Å². The molecule has 0 N–H and O–H groups in total. The van der Waals surface area contributed by atoms with Crippen LogP contribution in [0.1, 0.15) is 10.5 Å². The number of hydrogen-bond acceptors (Lipinski definition) is 4. The van der Waals surface area contributed by atoms with Gasteiger partial charge in [-0.05, 0) is 0 Å². The molecular formula is C10H11ClN4OS. The van der Waals surface area contributed by atoms with E-state index in [1.807, 2.05) is 17.8 Å². The molecule has 2 rings (SSSR count). The van der Waals surface area contributed by atoms with Crippen LogP contribution in [0, 0.1) is 0 Å². The van der Waals surface area contributed by atoms with Crippen LogP contribution < -0.4 is 0 Å². The Kier molecular flexibility index (Phi) is 3.54. The zero-order valence-electron chi connectivity index (χ0n) is 9.42. The summed E-state index contributed by atoms with van der Waals surface area (Å²) in [5.74, 6) is 0.185. The maximum Gasteiger partial charge on any atom is 0.194 e. The first kappa shape index (κ1) is 12.2. The number of rotatable bonds is 4. The van der Waals surface area contributed by atoms with Crippen LogP contribution in [0.5, 0.6) is 0 Å². The largest absolute Gasteiger partial charge is 0.329 e. The number of Topliss-reactive ketones (excluding diaryl/α,β-unsaturated/α-hetero) is 1. The fourth-order valence-corrected chi connectivity index (χ4v) is 2.42. The van der Waals surface area contributed by atoms with Gasteiger partial charge in [0.25, 0.3) is 0 Å². The van der Waals surface area contributed by atoms with Crippen LogP contribution in [-0.2, 0) is 14.1 Å². The fraction of sp³-hybridized carbons (Fsp3) is 0.300.